The number of hydrogen-bond acceptors (Lipinski definition) is 3. The second-order valence-electron chi connectivity index (χ2n) is 3.61. The second-order valence-corrected chi connectivity index (χ2v) is 3.61. The van der Waals surface area contributed by atoms with Crippen LogP contribution < -0.4 is 0 Å². The summed E-state index contributed by atoms with van der Waals surface area (Å²) in [6, 6.07) is 7.18. The summed E-state index contributed by atoms with van der Waals surface area (Å²) in [6.45, 7) is 0. The van der Waals surface area contributed by atoms with E-state index in [0.29, 0.717) is 0 Å². The summed E-state index contributed by atoms with van der Waals surface area (Å²) in [7, 11) is 0. The zero-order valence-electron chi connectivity index (χ0n) is 9.39. The van der Waals surface area contributed by atoms with Crippen LogP contribution >= 0.6 is 0 Å². The van der Waals surface area contributed by atoms with Crippen molar-refractivity contribution >= 4 is 5.97 Å². The number of nitrogens with zero attached hydrogens (tertiary/aromatic N) is 2. The van der Waals surface area contributed by atoms with Crippen LogP contribution in [0.4, 0.5) is 8.78 Å². The van der Waals surface area contributed by atoms with Crippen LogP contribution in [0.3, 0.4) is 0 Å². The molecule has 4 nitrogen and oxygen atoms in total. The molecule has 1 aromatic carbocycles. The number of halogens is 2. The average molecular weight is 260 g/mol. The molecule has 0 aliphatic heterocycles. The van der Waals surface area contributed by atoms with Gasteiger partial charge in [-0.15, -0.1) is 0 Å². The van der Waals surface area contributed by atoms with E-state index in [2.05, 4.69) is 4.98 Å². The molecule has 0 bridgehead atoms. The number of aromatic carboxylic acids is 1. The normalized spacial score (nSPS) is 9.95. The van der Waals surface area contributed by atoms with Gasteiger partial charge in [-0.3, -0.25) is 0 Å². The molecule has 0 saturated heterocycles. The van der Waals surface area contributed by atoms with Crippen LogP contribution in [0, 0.1) is 23.0 Å². The van der Waals surface area contributed by atoms with Crippen molar-refractivity contribution in [2.45, 2.75) is 0 Å². The van der Waals surface area contributed by atoms with Gasteiger partial charge in [0.15, 0.2) is 0 Å². The summed E-state index contributed by atoms with van der Waals surface area (Å²) >= 11 is 0. The van der Waals surface area contributed by atoms with E-state index in [1.165, 1.54) is 6.07 Å². The van der Waals surface area contributed by atoms with E-state index in [9.17, 15) is 13.6 Å². The number of carboxylic acids is 1. The minimum atomic E-state index is -1.34. The highest BCUT2D eigenvalue weighted by molar-refractivity contribution is 5.86. The van der Waals surface area contributed by atoms with Crippen molar-refractivity contribution in [1.82, 2.24) is 4.98 Å². The third-order valence-corrected chi connectivity index (χ3v) is 2.43. The van der Waals surface area contributed by atoms with Crippen LogP contribution in [0.2, 0.25) is 0 Å². The first kappa shape index (κ1) is 12.6. The molecular formula is C13H6F2N2O2. The Kier molecular flexibility index (Phi) is 3.21. The Bertz CT molecular complexity index is 688. The number of carboxylic acid groups (broad SMARTS) is 1. The predicted molar refractivity (Wildman–Crippen MR) is 61.3 cm³/mol. The fraction of sp³-hybridized carbons (Fsp3) is 0. The highest BCUT2D eigenvalue weighted by Crippen LogP contribution is 2.27. The lowest BCUT2D eigenvalue weighted by Crippen LogP contribution is -2.04. The lowest BCUT2D eigenvalue weighted by atomic mass is 10.0. The quantitative estimate of drug-likeness (QED) is 0.900. The molecule has 1 heterocycles. The first-order chi connectivity index (χ1) is 9.04. The lowest BCUT2D eigenvalue weighted by molar-refractivity contribution is 0.0690. The predicted octanol–water partition coefficient (Wildman–Crippen LogP) is 2.60. The molecule has 0 spiro atoms. The van der Waals surface area contributed by atoms with Gasteiger partial charge in [0.05, 0.1) is 16.8 Å². The SMILES string of the molecule is N#Cc1ccc(C(=O)O)nc1-c1c(F)cccc1F. The molecule has 19 heavy (non-hydrogen) atoms. The van der Waals surface area contributed by atoms with Crippen molar-refractivity contribution < 1.29 is 18.7 Å². The Hall–Kier alpha value is -2.81. The molecule has 0 unspecified atom stereocenters. The van der Waals surface area contributed by atoms with Crippen molar-refractivity contribution in [1.29, 1.82) is 5.26 Å². The maximum Gasteiger partial charge on any atom is 0.354 e. The summed E-state index contributed by atoms with van der Waals surface area (Å²) < 4.78 is 27.3. The molecule has 2 aromatic rings. The minimum Gasteiger partial charge on any atom is -0.477 e. The molecule has 94 valence electrons. The van der Waals surface area contributed by atoms with Crippen molar-refractivity contribution in [3.05, 3.63) is 53.2 Å². The Morgan fingerprint density at radius 3 is 2.37 bits per heavy atom. The first-order valence-corrected chi connectivity index (χ1v) is 5.13. The number of pyridine rings is 1. The van der Waals surface area contributed by atoms with E-state index in [0.717, 1.165) is 24.3 Å². The average Bonchev–Trinajstić information content (AvgIpc) is 2.38. The Labute approximate surface area is 106 Å². The molecule has 6 heteroatoms. The van der Waals surface area contributed by atoms with Gasteiger partial charge in [-0.25, -0.2) is 18.6 Å². The lowest BCUT2D eigenvalue weighted by Gasteiger charge is -2.07. The highest BCUT2D eigenvalue weighted by atomic mass is 19.1. The molecule has 1 aromatic heterocycles. The van der Waals surface area contributed by atoms with E-state index < -0.39 is 28.9 Å². The van der Waals surface area contributed by atoms with Crippen molar-refractivity contribution in [3.63, 3.8) is 0 Å². The van der Waals surface area contributed by atoms with E-state index in [4.69, 9.17) is 10.4 Å². The zero-order chi connectivity index (χ0) is 14.0. The summed E-state index contributed by atoms with van der Waals surface area (Å²) in [4.78, 5) is 14.5. The van der Waals surface area contributed by atoms with Gasteiger partial charge in [-0.1, -0.05) is 6.07 Å². The van der Waals surface area contributed by atoms with Crippen LogP contribution in [0.5, 0.6) is 0 Å². The van der Waals surface area contributed by atoms with Crippen LogP contribution in [-0.2, 0) is 0 Å². The molecule has 0 radical (unpaired) electrons. The molecule has 0 aliphatic rings. The van der Waals surface area contributed by atoms with Gasteiger partial charge >= 0.3 is 5.97 Å². The fourth-order valence-electron chi connectivity index (χ4n) is 1.58. The molecule has 1 N–H and O–H groups in total. The van der Waals surface area contributed by atoms with Crippen molar-refractivity contribution in [3.8, 4) is 17.3 Å². The Balaban J connectivity index is 2.77. The van der Waals surface area contributed by atoms with Crippen molar-refractivity contribution in [2.24, 2.45) is 0 Å². The number of rotatable bonds is 2. The summed E-state index contributed by atoms with van der Waals surface area (Å²) in [5, 5.41) is 17.7. The molecule has 0 amide bonds. The fourth-order valence-corrected chi connectivity index (χ4v) is 1.58. The standard InChI is InChI=1S/C13H6F2N2O2/c14-8-2-1-3-9(15)11(8)12-7(6-16)4-5-10(17-12)13(18)19/h1-5H,(H,18,19). The molecule has 0 atom stereocenters. The van der Waals surface area contributed by atoms with Crippen LogP contribution in [0.25, 0.3) is 11.3 Å². The maximum atomic E-state index is 13.6. The van der Waals surface area contributed by atoms with Gasteiger partial charge in [-0.05, 0) is 24.3 Å². The third kappa shape index (κ3) is 2.26. The number of aromatic nitrogens is 1. The van der Waals surface area contributed by atoms with E-state index in [1.54, 1.807) is 6.07 Å². The van der Waals surface area contributed by atoms with Gasteiger partial charge < -0.3 is 5.11 Å². The molecular weight excluding hydrogens is 254 g/mol. The largest absolute Gasteiger partial charge is 0.477 e. The molecule has 0 saturated carbocycles. The van der Waals surface area contributed by atoms with E-state index in [1.807, 2.05) is 0 Å². The Morgan fingerprint density at radius 1 is 1.21 bits per heavy atom. The first-order valence-electron chi connectivity index (χ1n) is 5.13. The van der Waals surface area contributed by atoms with Crippen LogP contribution in [-0.4, -0.2) is 16.1 Å². The van der Waals surface area contributed by atoms with Crippen LogP contribution in [0.15, 0.2) is 30.3 Å². The smallest absolute Gasteiger partial charge is 0.354 e. The molecule has 0 fully saturated rings. The third-order valence-electron chi connectivity index (χ3n) is 2.43. The highest BCUT2D eigenvalue weighted by Gasteiger charge is 2.18. The van der Waals surface area contributed by atoms with Gasteiger partial charge in [0.1, 0.15) is 23.4 Å². The van der Waals surface area contributed by atoms with Gasteiger partial charge in [0, 0.05) is 0 Å². The monoisotopic (exact) mass is 260 g/mol. The summed E-state index contributed by atoms with van der Waals surface area (Å²) in [6.07, 6.45) is 0. The van der Waals surface area contributed by atoms with Gasteiger partial charge in [-0.2, -0.15) is 5.26 Å². The molecule has 0 aliphatic carbocycles. The zero-order valence-corrected chi connectivity index (χ0v) is 9.39. The van der Waals surface area contributed by atoms with E-state index in [-0.39, 0.29) is 11.3 Å². The second kappa shape index (κ2) is 4.82. The number of carbonyl (C=O) groups is 1. The topological polar surface area (TPSA) is 74.0 Å². The van der Waals surface area contributed by atoms with Gasteiger partial charge in [0.25, 0.3) is 0 Å². The van der Waals surface area contributed by atoms with Crippen LogP contribution in [0.1, 0.15) is 16.1 Å². The Morgan fingerprint density at radius 2 is 1.84 bits per heavy atom. The number of hydrogen-bond donors (Lipinski definition) is 1. The maximum absolute atomic E-state index is 13.6. The summed E-state index contributed by atoms with van der Waals surface area (Å²) in [5.41, 5.74) is -1.33. The molecule has 2 rings (SSSR count). The van der Waals surface area contributed by atoms with E-state index >= 15 is 0 Å². The minimum absolute atomic E-state index is 0.103. The van der Waals surface area contributed by atoms with Crippen molar-refractivity contribution in [2.75, 3.05) is 0 Å². The number of benzene rings is 1. The van der Waals surface area contributed by atoms with Gasteiger partial charge in [0.2, 0.25) is 0 Å². The number of nitriles is 1. The summed E-state index contributed by atoms with van der Waals surface area (Å²) in [5.74, 6) is -3.17.